The van der Waals surface area contributed by atoms with E-state index in [1.165, 1.54) is 0 Å². The fraction of sp³-hybridized carbons (Fsp3) is 0.344. The molecule has 3 aliphatic heterocycles. The van der Waals surface area contributed by atoms with Gasteiger partial charge in [-0.2, -0.15) is 0 Å². The fourth-order valence-corrected chi connectivity index (χ4v) is 6.48. The molecule has 0 spiro atoms. The van der Waals surface area contributed by atoms with Crippen LogP contribution in [0.2, 0.25) is 0 Å². The maximum absolute atomic E-state index is 13.2. The topological polar surface area (TPSA) is 112 Å². The minimum absolute atomic E-state index is 0.0112. The average Bonchev–Trinajstić information content (AvgIpc) is 3.60. The van der Waals surface area contributed by atoms with Gasteiger partial charge in [0.15, 0.2) is 11.5 Å². The van der Waals surface area contributed by atoms with Crippen molar-refractivity contribution < 1.29 is 28.2 Å². The summed E-state index contributed by atoms with van der Waals surface area (Å²) < 4.78 is 24.5. The Labute approximate surface area is 241 Å². The van der Waals surface area contributed by atoms with Crippen LogP contribution in [0.3, 0.4) is 0 Å². The quantitative estimate of drug-likeness (QED) is 0.361. The molecule has 10 heteroatoms. The van der Waals surface area contributed by atoms with E-state index in [9.17, 15) is 14.4 Å². The molecule has 3 aliphatic rings. The van der Waals surface area contributed by atoms with Crippen molar-refractivity contribution in [3.8, 4) is 28.6 Å². The summed E-state index contributed by atoms with van der Waals surface area (Å²) in [5.74, 6) is 2.73. The number of benzene rings is 2. The van der Waals surface area contributed by atoms with E-state index >= 15 is 0 Å². The highest BCUT2D eigenvalue weighted by atomic mass is 16.7. The minimum atomic E-state index is -0.207. The third-order valence-corrected chi connectivity index (χ3v) is 8.47. The molecule has 5 heterocycles. The van der Waals surface area contributed by atoms with Crippen LogP contribution >= 0.6 is 0 Å². The molecule has 216 valence electrons. The number of hydrogen-bond acceptors (Lipinski definition) is 7. The van der Waals surface area contributed by atoms with Gasteiger partial charge >= 0.3 is 0 Å². The lowest BCUT2D eigenvalue weighted by atomic mass is 9.83. The maximum atomic E-state index is 13.2. The number of nitrogens with zero attached hydrogens (tertiary/aromatic N) is 2. The van der Waals surface area contributed by atoms with E-state index in [4.69, 9.17) is 18.6 Å². The number of fused-ring (bicyclic) bond motifs is 6. The Morgan fingerprint density at radius 1 is 1.02 bits per heavy atom. The zero-order chi connectivity index (χ0) is 28.8. The molecule has 2 amide bonds. The maximum Gasteiger partial charge on any atom is 0.250 e. The Morgan fingerprint density at radius 3 is 2.64 bits per heavy atom. The van der Waals surface area contributed by atoms with Crippen molar-refractivity contribution in [1.29, 1.82) is 0 Å². The predicted octanol–water partition coefficient (Wildman–Crippen LogP) is 3.69. The molecule has 0 radical (unpaired) electrons. The Hall–Kier alpha value is -4.73. The molecule has 1 saturated heterocycles. The molecular formula is C32H31N3O7. The predicted molar refractivity (Wildman–Crippen MR) is 154 cm³/mol. The van der Waals surface area contributed by atoms with Crippen LogP contribution in [0.25, 0.3) is 22.3 Å². The van der Waals surface area contributed by atoms with Crippen LogP contribution in [0.15, 0.2) is 63.8 Å². The van der Waals surface area contributed by atoms with E-state index in [0.29, 0.717) is 42.5 Å². The number of rotatable bonds is 7. The second-order valence-corrected chi connectivity index (χ2v) is 11.1. The van der Waals surface area contributed by atoms with Crippen LogP contribution in [0.4, 0.5) is 0 Å². The van der Waals surface area contributed by atoms with Gasteiger partial charge in [0.2, 0.25) is 18.6 Å². The molecule has 0 unspecified atom stereocenters. The van der Waals surface area contributed by atoms with Crippen LogP contribution in [0.5, 0.6) is 17.2 Å². The van der Waals surface area contributed by atoms with Crippen LogP contribution in [0.1, 0.15) is 30.0 Å². The third-order valence-electron chi connectivity index (χ3n) is 8.47. The molecule has 2 aromatic heterocycles. The summed E-state index contributed by atoms with van der Waals surface area (Å²) >= 11 is 0. The smallest absolute Gasteiger partial charge is 0.250 e. The number of aromatic nitrogens is 1. The van der Waals surface area contributed by atoms with Gasteiger partial charge in [-0.3, -0.25) is 14.4 Å². The lowest BCUT2D eigenvalue weighted by Gasteiger charge is -2.42. The molecule has 10 nitrogen and oxygen atoms in total. The second kappa shape index (κ2) is 10.6. The molecular weight excluding hydrogens is 538 g/mol. The largest absolute Gasteiger partial charge is 0.497 e. The summed E-state index contributed by atoms with van der Waals surface area (Å²) in [5, 5.41) is 3.70. The number of methoxy groups -OCH3 is 1. The van der Waals surface area contributed by atoms with Crippen molar-refractivity contribution in [2.45, 2.75) is 31.7 Å². The van der Waals surface area contributed by atoms with Crippen LogP contribution in [0, 0.1) is 5.92 Å². The van der Waals surface area contributed by atoms with E-state index in [1.54, 1.807) is 25.3 Å². The monoisotopic (exact) mass is 569 g/mol. The summed E-state index contributed by atoms with van der Waals surface area (Å²) in [6, 6.07) is 16.5. The highest BCUT2D eigenvalue weighted by Gasteiger charge is 2.36. The third kappa shape index (κ3) is 4.76. The first-order chi connectivity index (χ1) is 20.5. The molecule has 1 fully saturated rings. The van der Waals surface area contributed by atoms with Gasteiger partial charge in [-0.1, -0.05) is 6.07 Å². The summed E-state index contributed by atoms with van der Waals surface area (Å²) in [6.45, 7) is 2.24. The first-order valence-corrected chi connectivity index (χ1v) is 14.2. The molecule has 4 aromatic rings. The summed E-state index contributed by atoms with van der Waals surface area (Å²) in [5.41, 5.74) is 3.17. The highest BCUT2D eigenvalue weighted by Crippen LogP contribution is 2.42. The molecule has 2 atom stereocenters. The van der Waals surface area contributed by atoms with Gasteiger partial charge in [0.05, 0.1) is 13.5 Å². The van der Waals surface area contributed by atoms with Crippen molar-refractivity contribution in [3.63, 3.8) is 0 Å². The van der Waals surface area contributed by atoms with E-state index in [-0.39, 0.29) is 55.4 Å². The fourth-order valence-electron chi connectivity index (χ4n) is 6.48. The Balaban J connectivity index is 1.03. The SMILES string of the molecule is COc1ccc(-c2oc3cc4c(cc3c2CC(=O)NCCC(=O)N2C[C@H]3C[C@@H](C2)c2cccc(=O)n2C3)OCO4)cc1. The van der Waals surface area contributed by atoms with E-state index < -0.39 is 0 Å². The number of likely N-dealkylation sites (tertiary alicyclic amines) is 1. The van der Waals surface area contributed by atoms with Crippen molar-refractivity contribution in [2.24, 2.45) is 5.92 Å². The Kier molecular flexibility index (Phi) is 6.60. The van der Waals surface area contributed by atoms with Crippen molar-refractivity contribution in [2.75, 3.05) is 33.5 Å². The van der Waals surface area contributed by atoms with Gasteiger partial charge in [-0.05, 0) is 48.7 Å². The highest BCUT2D eigenvalue weighted by molar-refractivity contribution is 5.95. The van der Waals surface area contributed by atoms with Crippen molar-refractivity contribution >= 4 is 22.8 Å². The summed E-state index contributed by atoms with van der Waals surface area (Å²) in [6.07, 6.45) is 1.27. The van der Waals surface area contributed by atoms with Crippen LogP contribution in [-0.2, 0) is 22.6 Å². The standard InChI is InChI=1S/C32H31N3O7/c1-39-22-7-5-20(6-8-22)32-24(23-12-27-28(41-18-40-27)14-26(23)42-32)13-29(36)33-10-9-30(37)34-15-19-11-21(17-34)25-3-2-4-31(38)35(25)16-19/h2-8,12,14,19,21H,9-11,13,15-18H2,1H3,(H,33,36)/t19-,21+/m1/s1. The van der Waals surface area contributed by atoms with E-state index in [0.717, 1.165) is 34.4 Å². The molecule has 2 bridgehead atoms. The first-order valence-electron chi connectivity index (χ1n) is 14.2. The van der Waals surface area contributed by atoms with Crippen molar-refractivity contribution in [1.82, 2.24) is 14.8 Å². The van der Waals surface area contributed by atoms with Gasteiger partial charge in [-0.25, -0.2) is 0 Å². The number of amides is 2. The molecule has 2 aromatic carbocycles. The number of furan rings is 1. The lowest BCUT2D eigenvalue weighted by molar-refractivity contribution is -0.133. The second-order valence-electron chi connectivity index (χ2n) is 11.1. The molecule has 7 rings (SSSR count). The number of piperidine rings is 1. The summed E-state index contributed by atoms with van der Waals surface area (Å²) in [7, 11) is 1.61. The molecule has 0 aliphatic carbocycles. The van der Waals surface area contributed by atoms with E-state index in [1.807, 2.05) is 45.9 Å². The molecule has 0 saturated carbocycles. The van der Waals surface area contributed by atoms with Crippen molar-refractivity contribution in [3.05, 3.63) is 76.2 Å². The van der Waals surface area contributed by atoms with Gasteiger partial charge in [0.1, 0.15) is 17.1 Å². The minimum Gasteiger partial charge on any atom is -0.497 e. The van der Waals surface area contributed by atoms with Gasteiger partial charge in [-0.15, -0.1) is 0 Å². The number of carbonyl (C=O) groups is 2. The Morgan fingerprint density at radius 2 is 1.83 bits per heavy atom. The van der Waals surface area contributed by atoms with Crippen LogP contribution < -0.4 is 25.1 Å². The number of nitrogens with one attached hydrogen (secondary N) is 1. The normalized spacial score (nSPS) is 18.5. The first kappa shape index (κ1) is 26.2. The Bertz CT molecular complexity index is 1740. The number of pyridine rings is 1. The van der Waals surface area contributed by atoms with Crippen LogP contribution in [-0.4, -0.2) is 54.8 Å². The van der Waals surface area contributed by atoms with Gasteiger partial charge in [0.25, 0.3) is 5.56 Å². The zero-order valence-electron chi connectivity index (χ0n) is 23.3. The average molecular weight is 570 g/mol. The number of ether oxygens (including phenoxy) is 3. The zero-order valence-corrected chi connectivity index (χ0v) is 23.3. The lowest BCUT2D eigenvalue weighted by Crippen LogP contribution is -2.49. The number of carbonyl (C=O) groups excluding carboxylic acids is 2. The van der Waals surface area contributed by atoms with E-state index in [2.05, 4.69) is 5.32 Å². The molecule has 1 N–H and O–H groups in total. The summed E-state index contributed by atoms with van der Waals surface area (Å²) in [4.78, 5) is 40.5. The van der Waals surface area contributed by atoms with Gasteiger partial charge < -0.3 is 33.4 Å². The molecule has 42 heavy (non-hydrogen) atoms. The van der Waals surface area contributed by atoms with Gasteiger partial charge in [0, 0.05) is 72.9 Å². The number of hydrogen-bond donors (Lipinski definition) is 1.